The summed E-state index contributed by atoms with van der Waals surface area (Å²) in [6.07, 6.45) is 0. The Kier molecular flexibility index (Phi) is 4.28. The van der Waals surface area contributed by atoms with Crippen LogP contribution in [0, 0.1) is 6.92 Å². The SMILES string of the molecule is COc1cccc(C(=O)NS(=O)(=O)c2ccccc2C)c1. The lowest BCUT2D eigenvalue weighted by atomic mass is 10.2. The van der Waals surface area contributed by atoms with Crippen molar-refractivity contribution in [3.05, 3.63) is 59.7 Å². The van der Waals surface area contributed by atoms with E-state index in [-0.39, 0.29) is 10.5 Å². The Hall–Kier alpha value is -2.34. The second kappa shape index (κ2) is 5.97. The zero-order valence-corrected chi connectivity index (χ0v) is 12.5. The summed E-state index contributed by atoms with van der Waals surface area (Å²) in [5, 5.41) is 0. The number of rotatable bonds is 4. The van der Waals surface area contributed by atoms with Gasteiger partial charge in [-0.25, -0.2) is 13.1 Å². The molecule has 6 heteroatoms. The number of amides is 1. The number of hydrogen-bond acceptors (Lipinski definition) is 4. The number of nitrogens with one attached hydrogen (secondary N) is 1. The van der Waals surface area contributed by atoms with Gasteiger partial charge in [-0.05, 0) is 36.8 Å². The molecule has 0 atom stereocenters. The van der Waals surface area contributed by atoms with Crippen molar-refractivity contribution >= 4 is 15.9 Å². The molecule has 0 heterocycles. The average molecular weight is 305 g/mol. The predicted octanol–water partition coefficient (Wildman–Crippen LogP) is 2.12. The van der Waals surface area contributed by atoms with Crippen LogP contribution in [0.15, 0.2) is 53.4 Å². The fraction of sp³-hybridized carbons (Fsp3) is 0.133. The van der Waals surface area contributed by atoms with Gasteiger partial charge in [-0.2, -0.15) is 0 Å². The third-order valence-electron chi connectivity index (χ3n) is 2.94. The van der Waals surface area contributed by atoms with Crippen molar-refractivity contribution in [2.24, 2.45) is 0 Å². The number of carbonyl (C=O) groups is 1. The Morgan fingerprint density at radius 1 is 1.10 bits per heavy atom. The van der Waals surface area contributed by atoms with E-state index < -0.39 is 15.9 Å². The molecule has 0 spiro atoms. The molecule has 1 amide bonds. The number of hydrogen-bond donors (Lipinski definition) is 1. The first kappa shape index (κ1) is 15.1. The van der Waals surface area contributed by atoms with Gasteiger partial charge in [0.1, 0.15) is 5.75 Å². The minimum Gasteiger partial charge on any atom is -0.497 e. The van der Waals surface area contributed by atoms with Crippen molar-refractivity contribution in [2.75, 3.05) is 7.11 Å². The Balaban J connectivity index is 2.28. The minimum atomic E-state index is -3.90. The molecule has 0 unspecified atom stereocenters. The van der Waals surface area contributed by atoms with Crippen LogP contribution in [0.5, 0.6) is 5.75 Å². The molecule has 0 aliphatic carbocycles. The van der Waals surface area contributed by atoms with Crippen molar-refractivity contribution in [3.63, 3.8) is 0 Å². The molecule has 110 valence electrons. The second-order valence-corrected chi connectivity index (χ2v) is 6.08. The summed E-state index contributed by atoms with van der Waals surface area (Å²) < 4.78 is 31.5. The van der Waals surface area contributed by atoms with Crippen molar-refractivity contribution in [1.29, 1.82) is 0 Å². The maximum atomic E-state index is 12.2. The largest absolute Gasteiger partial charge is 0.497 e. The highest BCUT2D eigenvalue weighted by Crippen LogP contribution is 2.16. The van der Waals surface area contributed by atoms with Crippen LogP contribution in [0.1, 0.15) is 15.9 Å². The lowest BCUT2D eigenvalue weighted by molar-refractivity contribution is 0.0981. The van der Waals surface area contributed by atoms with Crippen molar-refractivity contribution in [1.82, 2.24) is 4.72 Å². The molecule has 0 radical (unpaired) electrons. The molecule has 2 aromatic carbocycles. The molecule has 0 aromatic heterocycles. The van der Waals surface area contributed by atoms with E-state index in [4.69, 9.17) is 4.74 Å². The fourth-order valence-corrected chi connectivity index (χ4v) is 3.08. The maximum Gasteiger partial charge on any atom is 0.265 e. The standard InChI is InChI=1S/C15H15NO4S/c1-11-6-3-4-9-14(11)21(18,19)16-15(17)12-7-5-8-13(10-12)20-2/h3-10H,1-2H3,(H,16,17). The lowest BCUT2D eigenvalue weighted by Gasteiger charge is -2.09. The minimum absolute atomic E-state index is 0.0845. The van der Waals surface area contributed by atoms with Gasteiger partial charge in [0, 0.05) is 5.56 Å². The Morgan fingerprint density at radius 2 is 1.81 bits per heavy atom. The smallest absolute Gasteiger partial charge is 0.265 e. The van der Waals surface area contributed by atoms with E-state index in [1.807, 2.05) is 0 Å². The molecule has 0 bridgehead atoms. The zero-order chi connectivity index (χ0) is 15.5. The molecule has 2 aromatic rings. The quantitative estimate of drug-likeness (QED) is 0.939. The summed E-state index contributed by atoms with van der Waals surface area (Å²) in [7, 11) is -2.42. The molecule has 0 aliphatic rings. The molecular formula is C15H15NO4S. The highest BCUT2D eigenvalue weighted by molar-refractivity contribution is 7.90. The van der Waals surface area contributed by atoms with Crippen LogP contribution in [0.4, 0.5) is 0 Å². The third kappa shape index (κ3) is 3.41. The molecule has 2 rings (SSSR count). The highest BCUT2D eigenvalue weighted by atomic mass is 32.2. The van der Waals surface area contributed by atoms with Gasteiger partial charge in [-0.15, -0.1) is 0 Å². The van der Waals surface area contributed by atoms with Gasteiger partial charge in [0.05, 0.1) is 12.0 Å². The first-order valence-electron chi connectivity index (χ1n) is 6.21. The molecule has 0 saturated carbocycles. The Morgan fingerprint density at radius 3 is 2.48 bits per heavy atom. The van der Waals surface area contributed by atoms with Crippen molar-refractivity contribution < 1.29 is 17.9 Å². The molecule has 0 fully saturated rings. The second-order valence-electron chi connectivity index (χ2n) is 4.43. The molecule has 0 aliphatic heterocycles. The number of carbonyl (C=O) groups excluding carboxylic acids is 1. The van der Waals surface area contributed by atoms with Crippen molar-refractivity contribution in [3.8, 4) is 5.75 Å². The summed E-state index contributed by atoms with van der Waals surface area (Å²) in [6.45, 7) is 1.67. The van der Waals surface area contributed by atoms with E-state index in [1.54, 1.807) is 37.3 Å². The van der Waals surface area contributed by atoms with E-state index >= 15 is 0 Å². The van der Waals surface area contributed by atoms with Crippen LogP contribution in [-0.2, 0) is 10.0 Å². The summed E-state index contributed by atoms with van der Waals surface area (Å²) in [4.78, 5) is 12.2. The van der Waals surface area contributed by atoms with Crippen molar-refractivity contribution in [2.45, 2.75) is 11.8 Å². The van der Waals surface area contributed by atoms with E-state index in [2.05, 4.69) is 4.72 Å². The molecule has 21 heavy (non-hydrogen) atoms. The third-order valence-corrected chi connectivity index (χ3v) is 4.43. The molecule has 0 saturated heterocycles. The molecule has 1 N–H and O–H groups in total. The van der Waals surface area contributed by atoms with Gasteiger partial charge < -0.3 is 4.74 Å². The summed E-state index contributed by atoms with van der Waals surface area (Å²) in [5.41, 5.74) is 0.787. The molecular weight excluding hydrogens is 290 g/mol. The van der Waals surface area contributed by atoms with Crippen LogP contribution < -0.4 is 9.46 Å². The normalized spacial score (nSPS) is 11.0. The van der Waals surface area contributed by atoms with Crippen LogP contribution in [-0.4, -0.2) is 21.4 Å². The van der Waals surface area contributed by atoms with Gasteiger partial charge in [-0.3, -0.25) is 4.79 Å². The number of benzene rings is 2. The van der Waals surface area contributed by atoms with Gasteiger partial charge in [0.2, 0.25) is 0 Å². The highest BCUT2D eigenvalue weighted by Gasteiger charge is 2.20. The topological polar surface area (TPSA) is 72.5 Å². The van der Waals surface area contributed by atoms with Gasteiger partial charge in [0.15, 0.2) is 0 Å². The monoisotopic (exact) mass is 305 g/mol. The number of aryl methyl sites for hydroxylation is 1. The summed E-state index contributed by atoms with van der Waals surface area (Å²) in [6, 6.07) is 12.8. The Labute approximate surface area is 123 Å². The van der Waals surface area contributed by atoms with Crippen LogP contribution >= 0.6 is 0 Å². The average Bonchev–Trinajstić information content (AvgIpc) is 2.47. The Bertz CT molecular complexity index is 769. The lowest BCUT2D eigenvalue weighted by Crippen LogP contribution is -2.31. The maximum absolute atomic E-state index is 12.2. The predicted molar refractivity (Wildman–Crippen MR) is 78.8 cm³/mol. The van der Waals surface area contributed by atoms with E-state index in [1.165, 1.54) is 25.3 Å². The van der Waals surface area contributed by atoms with E-state index in [0.29, 0.717) is 11.3 Å². The first-order valence-corrected chi connectivity index (χ1v) is 7.69. The summed E-state index contributed by atoms with van der Waals surface area (Å²) >= 11 is 0. The summed E-state index contributed by atoms with van der Waals surface area (Å²) in [5.74, 6) is -0.215. The van der Waals surface area contributed by atoms with Crippen LogP contribution in [0.25, 0.3) is 0 Å². The van der Waals surface area contributed by atoms with Gasteiger partial charge >= 0.3 is 0 Å². The van der Waals surface area contributed by atoms with Crippen LogP contribution in [0.3, 0.4) is 0 Å². The van der Waals surface area contributed by atoms with Gasteiger partial charge in [0.25, 0.3) is 15.9 Å². The number of sulfonamides is 1. The van der Waals surface area contributed by atoms with Gasteiger partial charge in [-0.1, -0.05) is 24.3 Å². The fourth-order valence-electron chi connectivity index (χ4n) is 1.86. The zero-order valence-electron chi connectivity index (χ0n) is 11.7. The first-order chi connectivity index (χ1) is 9.94. The van der Waals surface area contributed by atoms with E-state index in [0.717, 1.165) is 0 Å². The number of ether oxygens (including phenoxy) is 1. The number of methoxy groups -OCH3 is 1. The van der Waals surface area contributed by atoms with Crippen LogP contribution in [0.2, 0.25) is 0 Å². The van der Waals surface area contributed by atoms with E-state index in [9.17, 15) is 13.2 Å². The molecule has 5 nitrogen and oxygen atoms in total.